The van der Waals surface area contributed by atoms with Crippen LogP contribution in [0.2, 0.25) is 0 Å². The molecule has 0 saturated heterocycles. The highest BCUT2D eigenvalue weighted by molar-refractivity contribution is 14.1. The van der Waals surface area contributed by atoms with Gasteiger partial charge in [0.05, 0.1) is 18.8 Å². The van der Waals surface area contributed by atoms with Crippen molar-refractivity contribution in [2.24, 2.45) is 0 Å². The maximum absolute atomic E-state index is 13.2. The Balaban J connectivity index is 1.78. The fourth-order valence-corrected chi connectivity index (χ4v) is 3.63. The van der Waals surface area contributed by atoms with Crippen molar-refractivity contribution in [3.05, 3.63) is 51.3 Å². The molecule has 132 valence electrons. The summed E-state index contributed by atoms with van der Waals surface area (Å²) < 4.78 is 25.2. The van der Waals surface area contributed by atoms with Crippen LogP contribution in [0.1, 0.15) is 36.0 Å². The van der Waals surface area contributed by atoms with Crippen molar-refractivity contribution in [1.29, 1.82) is 0 Å². The first-order chi connectivity index (χ1) is 12.1. The first-order valence-corrected chi connectivity index (χ1v) is 9.26. The second-order valence-corrected chi connectivity index (χ2v) is 7.13. The van der Waals surface area contributed by atoms with Crippen molar-refractivity contribution in [2.75, 3.05) is 12.4 Å². The van der Waals surface area contributed by atoms with Gasteiger partial charge in [-0.2, -0.15) is 0 Å². The van der Waals surface area contributed by atoms with Crippen LogP contribution in [0, 0.1) is 9.39 Å². The van der Waals surface area contributed by atoms with Crippen LogP contribution in [0.15, 0.2) is 36.4 Å². The zero-order chi connectivity index (χ0) is 17.8. The van der Waals surface area contributed by atoms with E-state index in [9.17, 15) is 9.18 Å². The summed E-state index contributed by atoms with van der Waals surface area (Å²) in [6, 6.07) is 9.39. The molecular formula is C19H19FINO3. The quantitative estimate of drug-likeness (QED) is 0.645. The summed E-state index contributed by atoms with van der Waals surface area (Å²) in [5.74, 6) is 0.612. The number of anilines is 1. The van der Waals surface area contributed by atoms with Gasteiger partial charge in [0, 0.05) is 15.3 Å². The molecular weight excluding hydrogens is 436 g/mol. The van der Waals surface area contributed by atoms with Crippen molar-refractivity contribution in [3.63, 3.8) is 0 Å². The number of hydrogen-bond donors (Lipinski definition) is 1. The fraction of sp³-hybridized carbons (Fsp3) is 0.316. The Morgan fingerprint density at radius 3 is 2.60 bits per heavy atom. The topological polar surface area (TPSA) is 47.6 Å². The van der Waals surface area contributed by atoms with Gasteiger partial charge < -0.3 is 14.8 Å². The Labute approximate surface area is 159 Å². The van der Waals surface area contributed by atoms with Crippen LogP contribution in [0.25, 0.3) is 0 Å². The molecule has 0 bridgehead atoms. The van der Waals surface area contributed by atoms with Gasteiger partial charge in [0.15, 0.2) is 11.5 Å². The molecule has 1 N–H and O–H groups in total. The molecule has 2 aromatic rings. The van der Waals surface area contributed by atoms with Gasteiger partial charge in [-0.3, -0.25) is 4.79 Å². The van der Waals surface area contributed by atoms with Gasteiger partial charge in [-0.05, 0) is 78.6 Å². The summed E-state index contributed by atoms with van der Waals surface area (Å²) >= 11 is 1.95. The number of hydrogen-bond acceptors (Lipinski definition) is 3. The van der Waals surface area contributed by atoms with E-state index in [0.29, 0.717) is 26.3 Å². The number of carbonyl (C=O) groups excluding carboxylic acids is 1. The molecule has 1 fully saturated rings. The SMILES string of the molecule is COc1ccc(NC(=O)c2ccc(F)cc2I)cc1OC1CCCC1. The van der Waals surface area contributed by atoms with Crippen molar-refractivity contribution < 1.29 is 18.7 Å². The van der Waals surface area contributed by atoms with Crippen molar-refractivity contribution in [1.82, 2.24) is 0 Å². The van der Waals surface area contributed by atoms with E-state index in [0.717, 1.165) is 12.8 Å². The molecule has 0 aliphatic heterocycles. The third-order valence-corrected chi connectivity index (χ3v) is 5.09. The zero-order valence-corrected chi connectivity index (χ0v) is 16.0. The van der Waals surface area contributed by atoms with E-state index in [1.165, 1.54) is 31.0 Å². The number of amides is 1. The fourth-order valence-electron chi connectivity index (χ4n) is 2.90. The van der Waals surface area contributed by atoms with Gasteiger partial charge in [-0.15, -0.1) is 0 Å². The number of methoxy groups -OCH3 is 1. The smallest absolute Gasteiger partial charge is 0.256 e. The monoisotopic (exact) mass is 455 g/mol. The number of halogens is 2. The molecule has 6 heteroatoms. The highest BCUT2D eigenvalue weighted by Crippen LogP contribution is 2.34. The second-order valence-electron chi connectivity index (χ2n) is 5.97. The lowest BCUT2D eigenvalue weighted by molar-refractivity contribution is 0.102. The largest absolute Gasteiger partial charge is 0.493 e. The molecule has 0 heterocycles. The molecule has 0 atom stereocenters. The normalized spacial score (nSPS) is 14.4. The van der Waals surface area contributed by atoms with Crippen molar-refractivity contribution >= 4 is 34.2 Å². The molecule has 25 heavy (non-hydrogen) atoms. The Bertz CT molecular complexity index is 775. The van der Waals surface area contributed by atoms with E-state index >= 15 is 0 Å². The predicted molar refractivity (Wildman–Crippen MR) is 103 cm³/mol. The van der Waals surface area contributed by atoms with Crippen LogP contribution in [-0.2, 0) is 0 Å². The molecule has 1 amide bonds. The lowest BCUT2D eigenvalue weighted by Crippen LogP contribution is -2.15. The van der Waals surface area contributed by atoms with Crippen LogP contribution in [0.3, 0.4) is 0 Å². The average molecular weight is 455 g/mol. The molecule has 2 aromatic carbocycles. The third-order valence-electron chi connectivity index (χ3n) is 4.19. The van der Waals surface area contributed by atoms with E-state index < -0.39 is 0 Å². The number of benzene rings is 2. The van der Waals surface area contributed by atoms with E-state index in [4.69, 9.17) is 9.47 Å². The molecule has 0 spiro atoms. The van der Waals surface area contributed by atoms with E-state index in [2.05, 4.69) is 5.32 Å². The highest BCUT2D eigenvalue weighted by atomic mass is 127. The van der Waals surface area contributed by atoms with E-state index in [-0.39, 0.29) is 17.8 Å². The zero-order valence-electron chi connectivity index (χ0n) is 13.9. The van der Waals surface area contributed by atoms with Crippen LogP contribution in [0.5, 0.6) is 11.5 Å². The minimum absolute atomic E-state index is 0.192. The Morgan fingerprint density at radius 2 is 1.92 bits per heavy atom. The standard InChI is InChI=1S/C19H19FINO3/c1-24-17-9-7-13(11-18(17)25-14-4-2-3-5-14)22-19(23)15-8-6-12(20)10-16(15)21/h6-11,14H,2-5H2,1H3,(H,22,23). The molecule has 4 nitrogen and oxygen atoms in total. The number of rotatable bonds is 5. The molecule has 0 aromatic heterocycles. The lowest BCUT2D eigenvalue weighted by Gasteiger charge is -2.17. The highest BCUT2D eigenvalue weighted by Gasteiger charge is 2.19. The molecule has 1 aliphatic carbocycles. The van der Waals surface area contributed by atoms with Crippen molar-refractivity contribution in [2.45, 2.75) is 31.8 Å². The lowest BCUT2D eigenvalue weighted by atomic mass is 10.2. The first kappa shape index (κ1) is 18.0. The molecule has 0 unspecified atom stereocenters. The van der Waals surface area contributed by atoms with Gasteiger partial charge in [0.1, 0.15) is 5.82 Å². The first-order valence-electron chi connectivity index (χ1n) is 8.18. The van der Waals surface area contributed by atoms with Gasteiger partial charge in [0.2, 0.25) is 0 Å². The third kappa shape index (κ3) is 4.42. The molecule has 3 rings (SSSR count). The molecule has 0 radical (unpaired) electrons. The Hall–Kier alpha value is -1.83. The predicted octanol–water partition coefficient (Wildman–Crippen LogP) is 5.01. The van der Waals surface area contributed by atoms with Gasteiger partial charge >= 0.3 is 0 Å². The van der Waals surface area contributed by atoms with E-state index in [1.54, 1.807) is 25.3 Å². The number of nitrogens with one attached hydrogen (secondary N) is 1. The summed E-state index contributed by atoms with van der Waals surface area (Å²) in [5.41, 5.74) is 1.04. The molecule has 1 saturated carbocycles. The average Bonchev–Trinajstić information content (AvgIpc) is 3.08. The number of ether oxygens (including phenoxy) is 2. The van der Waals surface area contributed by atoms with Gasteiger partial charge in [-0.25, -0.2) is 4.39 Å². The summed E-state index contributed by atoms with van der Waals surface area (Å²) in [7, 11) is 1.59. The maximum atomic E-state index is 13.2. The minimum atomic E-state index is -0.363. The molecule has 1 aliphatic rings. The summed E-state index contributed by atoms with van der Waals surface area (Å²) in [5, 5.41) is 2.83. The van der Waals surface area contributed by atoms with Gasteiger partial charge in [-0.1, -0.05) is 0 Å². The summed E-state index contributed by atoms with van der Waals surface area (Å²) in [6.07, 6.45) is 4.61. The summed E-state index contributed by atoms with van der Waals surface area (Å²) in [4.78, 5) is 12.4. The van der Waals surface area contributed by atoms with Crippen LogP contribution >= 0.6 is 22.6 Å². The second kappa shape index (κ2) is 8.03. The number of carbonyl (C=O) groups is 1. The van der Waals surface area contributed by atoms with Crippen LogP contribution < -0.4 is 14.8 Å². The van der Waals surface area contributed by atoms with E-state index in [1.807, 2.05) is 22.6 Å². The Kier molecular flexibility index (Phi) is 5.78. The van der Waals surface area contributed by atoms with Crippen LogP contribution in [0.4, 0.5) is 10.1 Å². The van der Waals surface area contributed by atoms with Crippen LogP contribution in [-0.4, -0.2) is 19.1 Å². The summed E-state index contributed by atoms with van der Waals surface area (Å²) in [6.45, 7) is 0. The van der Waals surface area contributed by atoms with Crippen molar-refractivity contribution in [3.8, 4) is 11.5 Å². The van der Waals surface area contributed by atoms with Gasteiger partial charge in [0.25, 0.3) is 5.91 Å². The Morgan fingerprint density at radius 1 is 1.16 bits per heavy atom. The minimum Gasteiger partial charge on any atom is -0.493 e. The maximum Gasteiger partial charge on any atom is 0.256 e.